The van der Waals surface area contributed by atoms with E-state index in [1.165, 1.54) is 0 Å². The lowest BCUT2D eigenvalue weighted by atomic mass is 10.1. The zero-order valence-corrected chi connectivity index (χ0v) is 16.3. The van der Waals surface area contributed by atoms with Crippen molar-refractivity contribution in [1.29, 1.82) is 0 Å². The fourth-order valence-corrected chi connectivity index (χ4v) is 3.82. The van der Waals surface area contributed by atoms with E-state index in [1.54, 1.807) is 36.4 Å². The van der Waals surface area contributed by atoms with E-state index in [9.17, 15) is 4.79 Å². The average molecular weight is 405 g/mol. The average Bonchev–Trinajstić information content (AvgIpc) is 3.24. The highest BCUT2D eigenvalue weighted by Crippen LogP contribution is 2.29. The number of carbonyl (C=O) groups is 1. The molecule has 1 unspecified atom stereocenters. The van der Waals surface area contributed by atoms with Crippen LogP contribution >= 0.6 is 23.2 Å². The van der Waals surface area contributed by atoms with Gasteiger partial charge in [0, 0.05) is 28.1 Å². The number of hydrogen-bond acceptors (Lipinski definition) is 5. The fourth-order valence-electron chi connectivity index (χ4n) is 3.29. The number of carbonyl (C=O) groups excluding carboxylic acids is 1. The Labute approximate surface area is 166 Å². The van der Waals surface area contributed by atoms with Gasteiger partial charge >= 0.3 is 5.97 Å². The number of esters is 1. The number of rotatable bonds is 4. The zero-order chi connectivity index (χ0) is 19.0. The van der Waals surface area contributed by atoms with E-state index < -0.39 is 0 Å². The second-order valence-corrected chi connectivity index (χ2v) is 7.75. The van der Waals surface area contributed by atoms with Crippen LogP contribution < -0.4 is 0 Å². The largest absolute Gasteiger partial charge is 0.462 e. The van der Waals surface area contributed by atoms with Crippen LogP contribution in [0.15, 0.2) is 40.8 Å². The summed E-state index contributed by atoms with van der Waals surface area (Å²) in [7, 11) is 2.07. The molecule has 1 aliphatic heterocycles. The Kier molecular flexibility index (Phi) is 5.08. The van der Waals surface area contributed by atoms with E-state index >= 15 is 0 Å². The minimum Gasteiger partial charge on any atom is -0.462 e. The van der Waals surface area contributed by atoms with E-state index in [0.29, 0.717) is 50.7 Å². The van der Waals surface area contributed by atoms with E-state index in [-0.39, 0.29) is 5.97 Å². The van der Waals surface area contributed by atoms with Crippen molar-refractivity contribution in [3.05, 3.63) is 52.0 Å². The molecule has 2 aromatic carbocycles. The van der Waals surface area contributed by atoms with Crippen molar-refractivity contribution < 1.29 is 13.9 Å². The molecule has 2 heterocycles. The van der Waals surface area contributed by atoms with Crippen LogP contribution in [-0.2, 0) is 4.74 Å². The van der Waals surface area contributed by atoms with Crippen molar-refractivity contribution >= 4 is 40.3 Å². The minimum absolute atomic E-state index is 0.352. The number of oxazole rings is 1. The molecule has 0 radical (unpaired) electrons. The summed E-state index contributed by atoms with van der Waals surface area (Å²) in [4.78, 5) is 19.0. The highest BCUT2D eigenvalue weighted by Gasteiger charge is 2.21. The van der Waals surface area contributed by atoms with Gasteiger partial charge in [0.2, 0.25) is 5.89 Å². The predicted octanol–water partition coefficient (Wildman–Crippen LogP) is 4.91. The molecule has 0 N–H and O–H groups in total. The second kappa shape index (κ2) is 7.50. The maximum absolute atomic E-state index is 12.4. The van der Waals surface area contributed by atoms with Crippen LogP contribution in [-0.4, -0.2) is 42.6 Å². The van der Waals surface area contributed by atoms with Crippen molar-refractivity contribution in [2.24, 2.45) is 5.92 Å². The maximum atomic E-state index is 12.4. The second-order valence-electron chi connectivity index (χ2n) is 6.88. The van der Waals surface area contributed by atoms with Crippen molar-refractivity contribution in [2.45, 2.75) is 6.42 Å². The SMILES string of the molecule is CN1CCC(COC(=O)c2ccc3nc(-c4cc(Cl)cc(Cl)c4)oc3c2)C1. The third-order valence-electron chi connectivity index (χ3n) is 4.67. The van der Waals surface area contributed by atoms with Gasteiger partial charge in [0.15, 0.2) is 5.58 Å². The van der Waals surface area contributed by atoms with Crippen LogP contribution in [0.3, 0.4) is 0 Å². The van der Waals surface area contributed by atoms with Crippen molar-refractivity contribution in [2.75, 3.05) is 26.7 Å². The molecular formula is C20H18Cl2N2O3. The van der Waals surface area contributed by atoms with Gasteiger partial charge in [-0.15, -0.1) is 0 Å². The standard InChI is InChI=1S/C20H18Cl2N2O3/c1-24-5-4-12(10-24)11-26-20(25)13-2-3-17-18(8-13)27-19(23-17)14-6-15(21)9-16(22)7-14/h2-3,6-9,12H,4-5,10-11H2,1H3. The molecule has 1 aromatic heterocycles. The number of halogens is 2. The van der Waals surface area contributed by atoms with Crippen LogP contribution in [0.1, 0.15) is 16.8 Å². The number of nitrogens with zero attached hydrogens (tertiary/aromatic N) is 2. The molecule has 0 bridgehead atoms. The normalized spacial score (nSPS) is 17.5. The summed E-state index contributed by atoms with van der Waals surface area (Å²) in [5, 5.41) is 1.00. The van der Waals surface area contributed by atoms with Crippen LogP contribution in [0.4, 0.5) is 0 Å². The monoisotopic (exact) mass is 404 g/mol. The van der Waals surface area contributed by atoms with Gasteiger partial charge in [-0.3, -0.25) is 0 Å². The number of benzene rings is 2. The van der Waals surface area contributed by atoms with E-state index in [0.717, 1.165) is 19.5 Å². The van der Waals surface area contributed by atoms with Crippen LogP contribution in [0, 0.1) is 5.92 Å². The van der Waals surface area contributed by atoms with Gasteiger partial charge in [-0.2, -0.15) is 0 Å². The summed E-state index contributed by atoms with van der Waals surface area (Å²) < 4.78 is 11.3. The van der Waals surface area contributed by atoms with Gasteiger partial charge < -0.3 is 14.1 Å². The number of fused-ring (bicyclic) bond motifs is 1. The molecule has 1 fully saturated rings. The smallest absolute Gasteiger partial charge is 0.338 e. The summed E-state index contributed by atoms with van der Waals surface area (Å²) in [6, 6.07) is 10.2. The van der Waals surface area contributed by atoms with E-state index in [4.69, 9.17) is 32.4 Å². The molecule has 1 aliphatic rings. The van der Waals surface area contributed by atoms with Crippen molar-refractivity contribution in [3.63, 3.8) is 0 Å². The first kappa shape index (κ1) is 18.3. The first-order valence-corrected chi connectivity index (χ1v) is 9.46. The highest BCUT2D eigenvalue weighted by atomic mass is 35.5. The molecule has 140 valence electrons. The lowest BCUT2D eigenvalue weighted by molar-refractivity contribution is 0.0445. The first-order valence-electron chi connectivity index (χ1n) is 8.70. The lowest BCUT2D eigenvalue weighted by Gasteiger charge is -2.11. The molecule has 0 aliphatic carbocycles. The number of hydrogen-bond donors (Lipinski definition) is 0. The summed E-state index contributed by atoms with van der Waals surface area (Å²) >= 11 is 12.1. The molecule has 27 heavy (non-hydrogen) atoms. The first-order chi connectivity index (χ1) is 13.0. The Bertz CT molecular complexity index is 982. The van der Waals surface area contributed by atoms with Crippen molar-refractivity contribution in [3.8, 4) is 11.5 Å². The van der Waals surface area contributed by atoms with Gasteiger partial charge in [-0.1, -0.05) is 23.2 Å². The summed E-state index contributed by atoms with van der Waals surface area (Å²) in [5.41, 5.74) is 2.28. The fraction of sp³-hybridized carbons (Fsp3) is 0.300. The lowest BCUT2D eigenvalue weighted by Crippen LogP contribution is -2.18. The zero-order valence-electron chi connectivity index (χ0n) is 14.7. The molecule has 1 saturated heterocycles. The van der Waals surface area contributed by atoms with Gasteiger partial charge in [0.05, 0.1) is 12.2 Å². The molecule has 0 spiro atoms. The number of ether oxygens (including phenoxy) is 1. The maximum Gasteiger partial charge on any atom is 0.338 e. The van der Waals surface area contributed by atoms with E-state index in [2.05, 4.69) is 16.9 Å². The molecule has 0 saturated carbocycles. The Hall–Kier alpha value is -2.08. The van der Waals surface area contributed by atoms with Crippen LogP contribution in [0.5, 0.6) is 0 Å². The molecule has 0 amide bonds. The quantitative estimate of drug-likeness (QED) is 0.578. The van der Waals surface area contributed by atoms with Crippen LogP contribution in [0.25, 0.3) is 22.6 Å². The summed E-state index contributed by atoms with van der Waals surface area (Å²) in [5.74, 6) is 0.441. The third kappa shape index (κ3) is 4.10. The Morgan fingerprint density at radius 1 is 1.26 bits per heavy atom. The highest BCUT2D eigenvalue weighted by molar-refractivity contribution is 6.35. The molecular weight excluding hydrogens is 387 g/mol. The molecule has 3 aromatic rings. The Morgan fingerprint density at radius 3 is 2.74 bits per heavy atom. The molecule has 5 nitrogen and oxygen atoms in total. The molecule has 1 atom stereocenters. The van der Waals surface area contributed by atoms with E-state index in [1.807, 2.05) is 0 Å². The topological polar surface area (TPSA) is 55.6 Å². The molecule has 4 rings (SSSR count). The predicted molar refractivity (Wildman–Crippen MR) is 105 cm³/mol. The Balaban J connectivity index is 1.52. The van der Waals surface area contributed by atoms with Crippen molar-refractivity contribution in [1.82, 2.24) is 9.88 Å². The van der Waals surface area contributed by atoms with Crippen LogP contribution in [0.2, 0.25) is 10.0 Å². The van der Waals surface area contributed by atoms with Gasteiger partial charge in [-0.05, 0) is 56.4 Å². The van der Waals surface area contributed by atoms with Gasteiger partial charge in [0.25, 0.3) is 0 Å². The Morgan fingerprint density at radius 2 is 2.04 bits per heavy atom. The molecule has 7 heteroatoms. The summed E-state index contributed by atoms with van der Waals surface area (Å²) in [6.45, 7) is 2.44. The number of likely N-dealkylation sites (tertiary alicyclic amines) is 1. The summed E-state index contributed by atoms with van der Waals surface area (Å²) in [6.07, 6.45) is 1.05. The van der Waals surface area contributed by atoms with Gasteiger partial charge in [-0.25, -0.2) is 9.78 Å². The number of aromatic nitrogens is 1. The third-order valence-corrected chi connectivity index (χ3v) is 5.11. The minimum atomic E-state index is -0.352. The van der Waals surface area contributed by atoms with Gasteiger partial charge in [0.1, 0.15) is 5.52 Å².